The molecule has 2 atom stereocenters. The van der Waals surface area contributed by atoms with Crippen LogP contribution in [0.25, 0.3) is 0 Å². The summed E-state index contributed by atoms with van der Waals surface area (Å²) in [6.45, 7) is 8.50. The van der Waals surface area contributed by atoms with Crippen LogP contribution in [0.4, 0.5) is 0 Å². The van der Waals surface area contributed by atoms with Crippen LogP contribution >= 0.6 is 0 Å². The summed E-state index contributed by atoms with van der Waals surface area (Å²) < 4.78 is 0. The fraction of sp³-hybridized carbons (Fsp3) is 0.667. The summed E-state index contributed by atoms with van der Waals surface area (Å²) in [7, 11) is 0. The third-order valence-electron chi connectivity index (χ3n) is 2.73. The highest BCUT2D eigenvalue weighted by molar-refractivity contribution is 5.15. The van der Waals surface area contributed by atoms with Crippen LogP contribution in [0.5, 0.6) is 0 Å². The number of nitrogens with zero attached hydrogens (tertiary/aromatic N) is 2. The van der Waals surface area contributed by atoms with E-state index in [-0.39, 0.29) is 6.04 Å². The van der Waals surface area contributed by atoms with E-state index in [0.29, 0.717) is 11.8 Å². The summed E-state index contributed by atoms with van der Waals surface area (Å²) in [5.74, 6) is 0.822. The number of hydrogen-bond acceptors (Lipinski definition) is 3. The highest BCUT2D eigenvalue weighted by atomic mass is 14.8. The molecule has 3 heteroatoms. The Morgan fingerprint density at radius 3 is 2.40 bits per heavy atom. The van der Waals surface area contributed by atoms with Crippen molar-refractivity contribution in [3.8, 4) is 0 Å². The largest absolute Gasteiger partial charge is 0.327 e. The standard InChI is InChI=1S/C12H21N3/c1-5-10-6-11(15-7-14-10)12(8(2)3)9(4)13/h6-9,12H,5,13H2,1-4H3. The Labute approximate surface area is 92.1 Å². The van der Waals surface area contributed by atoms with Crippen LogP contribution in [0, 0.1) is 5.92 Å². The highest BCUT2D eigenvalue weighted by Crippen LogP contribution is 2.25. The first-order valence-electron chi connectivity index (χ1n) is 5.62. The normalized spacial score (nSPS) is 15.3. The predicted octanol–water partition coefficient (Wildman–Crippen LogP) is 2.13. The molecule has 0 saturated heterocycles. The molecule has 1 heterocycles. The van der Waals surface area contributed by atoms with E-state index in [0.717, 1.165) is 17.8 Å². The van der Waals surface area contributed by atoms with E-state index in [1.54, 1.807) is 6.33 Å². The monoisotopic (exact) mass is 207 g/mol. The Morgan fingerprint density at radius 1 is 1.27 bits per heavy atom. The quantitative estimate of drug-likeness (QED) is 0.822. The lowest BCUT2D eigenvalue weighted by Crippen LogP contribution is -2.29. The van der Waals surface area contributed by atoms with Crippen LogP contribution < -0.4 is 5.73 Å². The van der Waals surface area contributed by atoms with Crippen molar-refractivity contribution >= 4 is 0 Å². The molecule has 2 N–H and O–H groups in total. The first-order valence-corrected chi connectivity index (χ1v) is 5.62. The second kappa shape index (κ2) is 5.21. The van der Waals surface area contributed by atoms with Gasteiger partial charge in [0.2, 0.25) is 0 Å². The van der Waals surface area contributed by atoms with Crippen LogP contribution in [0.1, 0.15) is 45.0 Å². The zero-order valence-electron chi connectivity index (χ0n) is 10.1. The zero-order valence-corrected chi connectivity index (χ0v) is 10.1. The molecule has 0 aromatic carbocycles. The summed E-state index contributed by atoms with van der Waals surface area (Å²) in [4.78, 5) is 8.55. The van der Waals surface area contributed by atoms with E-state index < -0.39 is 0 Å². The number of hydrogen-bond donors (Lipinski definition) is 1. The molecule has 0 radical (unpaired) electrons. The van der Waals surface area contributed by atoms with E-state index in [9.17, 15) is 0 Å². The molecule has 0 amide bonds. The minimum Gasteiger partial charge on any atom is -0.327 e. The van der Waals surface area contributed by atoms with E-state index in [1.807, 2.05) is 6.92 Å². The topological polar surface area (TPSA) is 51.8 Å². The Balaban J connectivity index is 3.00. The maximum Gasteiger partial charge on any atom is 0.115 e. The van der Waals surface area contributed by atoms with Crippen LogP contribution in [-0.4, -0.2) is 16.0 Å². The van der Waals surface area contributed by atoms with E-state index >= 15 is 0 Å². The van der Waals surface area contributed by atoms with Gasteiger partial charge in [-0.3, -0.25) is 0 Å². The number of aromatic nitrogens is 2. The van der Waals surface area contributed by atoms with Crippen LogP contribution in [0.3, 0.4) is 0 Å². The van der Waals surface area contributed by atoms with Crippen molar-refractivity contribution in [3.63, 3.8) is 0 Å². The molecule has 1 rings (SSSR count). The molecule has 0 spiro atoms. The van der Waals surface area contributed by atoms with Gasteiger partial charge in [0.15, 0.2) is 0 Å². The van der Waals surface area contributed by atoms with Crippen molar-refractivity contribution in [2.45, 2.75) is 46.1 Å². The molecule has 15 heavy (non-hydrogen) atoms. The molecule has 1 aromatic heterocycles. The van der Waals surface area contributed by atoms with Crippen LogP contribution in [0.15, 0.2) is 12.4 Å². The van der Waals surface area contributed by atoms with Crippen molar-refractivity contribution in [1.29, 1.82) is 0 Å². The molecule has 0 aliphatic heterocycles. The number of rotatable bonds is 4. The first kappa shape index (κ1) is 12.1. The third kappa shape index (κ3) is 2.99. The smallest absolute Gasteiger partial charge is 0.115 e. The molecule has 0 bridgehead atoms. The second-order valence-corrected chi connectivity index (χ2v) is 4.42. The summed E-state index contributed by atoms with van der Waals surface area (Å²) in [6, 6.07) is 2.21. The highest BCUT2D eigenvalue weighted by Gasteiger charge is 2.21. The lowest BCUT2D eigenvalue weighted by atomic mass is 9.86. The van der Waals surface area contributed by atoms with Gasteiger partial charge in [0, 0.05) is 23.3 Å². The Bertz CT molecular complexity index is 299. The van der Waals surface area contributed by atoms with Gasteiger partial charge in [-0.25, -0.2) is 9.97 Å². The number of nitrogens with two attached hydrogens (primary N) is 1. The summed E-state index contributed by atoms with van der Waals surface area (Å²) >= 11 is 0. The van der Waals surface area contributed by atoms with Gasteiger partial charge in [-0.1, -0.05) is 20.8 Å². The lowest BCUT2D eigenvalue weighted by molar-refractivity contribution is 0.426. The molecule has 3 nitrogen and oxygen atoms in total. The minimum atomic E-state index is 0.129. The van der Waals surface area contributed by atoms with Crippen molar-refractivity contribution < 1.29 is 0 Å². The van der Waals surface area contributed by atoms with Gasteiger partial charge in [0.05, 0.1) is 0 Å². The second-order valence-electron chi connectivity index (χ2n) is 4.42. The molecular weight excluding hydrogens is 186 g/mol. The average molecular weight is 207 g/mol. The molecular formula is C12H21N3. The van der Waals surface area contributed by atoms with Gasteiger partial charge >= 0.3 is 0 Å². The fourth-order valence-electron chi connectivity index (χ4n) is 2.01. The maximum atomic E-state index is 6.00. The van der Waals surface area contributed by atoms with Crippen molar-refractivity contribution in [2.75, 3.05) is 0 Å². The summed E-state index contributed by atoms with van der Waals surface area (Å²) in [5.41, 5.74) is 8.17. The lowest BCUT2D eigenvalue weighted by Gasteiger charge is -2.24. The minimum absolute atomic E-state index is 0.129. The Hall–Kier alpha value is -0.960. The van der Waals surface area contributed by atoms with Gasteiger partial charge in [0.25, 0.3) is 0 Å². The first-order chi connectivity index (χ1) is 7.06. The molecule has 0 aliphatic carbocycles. The number of aryl methyl sites for hydroxylation is 1. The average Bonchev–Trinajstić information content (AvgIpc) is 2.17. The molecule has 2 unspecified atom stereocenters. The van der Waals surface area contributed by atoms with Crippen LogP contribution in [-0.2, 0) is 6.42 Å². The van der Waals surface area contributed by atoms with Gasteiger partial charge in [0.1, 0.15) is 6.33 Å². The van der Waals surface area contributed by atoms with Crippen molar-refractivity contribution in [3.05, 3.63) is 23.8 Å². The maximum absolute atomic E-state index is 6.00. The van der Waals surface area contributed by atoms with Crippen LogP contribution in [0.2, 0.25) is 0 Å². The molecule has 0 fully saturated rings. The molecule has 1 aromatic rings. The Kier molecular flexibility index (Phi) is 4.21. The van der Waals surface area contributed by atoms with Crippen molar-refractivity contribution in [1.82, 2.24) is 9.97 Å². The van der Waals surface area contributed by atoms with Crippen molar-refractivity contribution in [2.24, 2.45) is 11.7 Å². The third-order valence-corrected chi connectivity index (χ3v) is 2.73. The molecule has 84 valence electrons. The van der Waals surface area contributed by atoms with E-state index in [4.69, 9.17) is 5.73 Å². The van der Waals surface area contributed by atoms with Gasteiger partial charge in [-0.2, -0.15) is 0 Å². The molecule has 0 aliphatic rings. The summed E-state index contributed by atoms with van der Waals surface area (Å²) in [6.07, 6.45) is 2.59. The van der Waals surface area contributed by atoms with E-state index in [1.165, 1.54) is 0 Å². The fourth-order valence-corrected chi connectivity index (χ4v) is 2.01. The van der Waals surface area contributed by atoms with Gasteiger partial charge < -0.3 is 5.73 Å². The summed E-state index contributed by atoms with van der Waals surface area (Å²) in [5, 5.41) is 0. The van der Waals surface area contributed by atoms with E-state index in [2.05, 4.69) is 36.8 Å². The zero-order chi connectivity index (χ0) is 11.4. The molecule has 0 saturated carbocycles. The van der Waals surface area contributed by atoms with Gasteiger partial charge in [-0.05, 0) is 25.3 Å². The Morgan fingerprint density at radius 2 is 1.93 bits per heavy atom. The SMILES string of the molecule is CCc1cc(C(C(C)C)C(C)N)ncn1. The predicted molar refractivity (Wildman–Crippen MR) is 62.6 cm³/mol. The van der Waals surface area contributed by atoms with Gasteiger partial charge in [-0.15, -0.1) is 0 Å².